The molecule has 26 heavy (non-hydrogen) atoms. The summed E-state index contributed by atoms with van der Waals surface area (Å²) in [6.45, 7) is 3.39. The highest BCUT2D eigenvalue weighted by molar-refractivity contribution is 6.33. The van der Waals surface area contributed by atoms with Crippen LogP contribution in [0.3, 0.4) is 0 Å². The maximum Gasteiger partial charge on any atom is 0.251 e. The summed E-state index contributed by atoms with van der Waals surface area (Å²) in [7, 11) is 0. The molecular weight excluding hydrogens is 397 g/mol. The van der Waals surface area contributed by atoms with Crippen molar-refractivity contribution in [2.24, 2.45) is 0 Å². The molecule has 1 fully saturated rings. The predicted molar refractivity (Wildman–Crippen MR) is 103 cm³/mol. The van der Waals surface area contributed by atoms with Crippen molar-refractivity contribution >= 4 is 40.7 Å². The van der Waals surface area contributed by atoms with Gasteiger partial charge in [0.1, 0.15) is 10.3 Å². The van der Waals surface area contributed by atoms with E-state index in [1.54, 1.807) is 0 Å². The molecule has 1 saturated heterocycles. The van der Waals surface area contributed by atoms with Crippen molar-refractivity contribution < 1.29 is 9.53 Å². The highest BCUT2D eigenvalue weighted by Gasteiger charge is 2.23. The molecule has 0 saturated carbocycles. The zero-order valence-electron chi connectivity index (χ0n) is 13.9. The normalized spacial score (nSPS) is 16.3. The number of pyridine rings is 1. The molecule has 2 heterocycles. The molecule has 0 aliphatic carbocycles. The molecule has 1 aliphatic rings. The Balaban J connectivity index is 1.74. The van der Waals surface area contributed by atoms with Gasteiger partial charge in [-0.3, -0.25) is 9.69 Å². The number of nitrogens with one attached hydrogen (secondary N) is 1. The topological polar surface area (TPSA) is 54.5 Å². The maximum absolute atomic E-state index is 12.5. The molecule has 1 aromatic carbocycles. The number of nitrogens with zero attached hydrogens (tertiary/aromatic N) is 2. The summed E-state index contributed by atoms with van der Waals surface area (Å²) in [5.41, 5.74) is 1.47. The Morgan fingerprint density at radius 1 is 1.12 bits per heavy atom. The number of benzene rings is 1. The van der Waals surface area contributed by atoms with Gasteiger partial charge in [-0.05, 0) is 29.8 Å². The zero-order valence-corrected chi connectivity index (χ0v) is 16.2. The lowest BCUT2D eigenvalue weighted by Gasteiger charge is -2.35. The summed E-state index contributed by atoms with van der Waals surface area (Å²) in [6.07, 6.45) is 0. The molecule has 1 atom stereocenters. The number of hydrogen-bond acceptors (Lipinski definition) is 4. The lowest BCUT2D eigenvalue weighted by molar-refractivity contribution is 0.0162. The highest BCUT2D eigenvalue weighted by atomic mass is 35.5. The Kier molecular flexibility index (Phi) is 6.73. The van der Waals surface area contributed by atoms with E-state index in [-0.39, 0.29) is 22.3 Å². The first-order chi connectivity index (χ1) is 12.5. The third kappa shape index (κ3) is 5.09. The summed E-state index contributed by atoms with van der Waals surface area (Å²) < 4.78 is 5.44. The van der Waals surface area contributed by atoms with Gasteiger partial charge in [0.05, 0.1) is 19.3 Å². The Hall–Kier alpha value is -1.37. The largest absolute Gasteiger partial charge is 0.379 e. The minimum Gasteiger partial charge on any atom is -0.379 e. The van der Waals surface area contributed by atoms with Gasteiger partial charge in [0.25, 0.3) is 5.91 Å². The van der Waals surface area contributed by atoms with Gasteiger partial charge in [0, 0.05) is 30.2 Å². The minimum atomic E-state index is -0.247. The highest BCUT2D eigenvalue weighted by Crippen LogP contribution is 2.23. The first kappa shape index (κ1) is 19.4. The van der Waals surface area contributed by atoms with Crippen molar-refractivity contribution in [2.45, 2.75) is 6.04 Å². The first-order valence-electron chi connectivity index (χ1n) is 8.21. The second-order valence-electron chi connectivity index (χ2n) is 5.93. The number of hydrogen-bond donors (Lipinski definition) is 1. The number of rotatable bonds is 5. The van der Waals surface area contributed by atoms with Crippen LogP contribution >= 0.6 is 34.8 Å². The van der Waals surface area contributed by atoms with E-state index in [0.29, 0.717) is 30.3 Å². The molecule has 138 valence electrons. The molecule has 2 aromatic rings. The molecule has 0 radical (unpaired) electrons. The van der Waals surface area contributed by atoms with Crippen LogP contribution in [0.25, 0.3) is 0 Å². The molecule has 1 aliphatic heterocycles. The number of carbonyl (C=O) groups is 1. The number of halogens is 3. The van der Waals surface area contributed by atoms with E-state index in [9.17, 15) is 4.79 Å². The van der Waals surface area contributed by atoms with Gasteiger partial charge in [0.15, 0.2) is 0 Å². The minimum absolute atomic E-state index is 0.0212. The van der Waals surface area contributed by atoms with E-state index in [0.717, 1.165) is 18.7 Å². The average Bonchev–Trinajstić information content (AvgIpc) is 2.63. The van der Waals surface area contributed by atoms with Crippen molar-refractivity contribution in [3.63, 3.8) is 0 Å². The van der Waals surface area contributed by atoms with Gasteiger partial charge in [-0.15, -0.1) is 0 Å². The van der Waals surface area contributed by atoms with E-state index in [1.807, 2.05) is 24.3 Å². The van der Waals surface area contributed by atoms with E-state index >= 15 is 0 Å². The van der Waals surface area contributed by atoms with Crippen molar-refractivity contribution in [2.75, 3.05) is 32.8 Å². The van der Waals surface area contributed by atoms with Gasteiger partial charge >= 0.3 is 0 Å². The smallest absolute Gasteiger partial charge is 0.251 e. The lowest BCUT2D eigenvalue weighted by Crippen LogP contribution is -2.43. The zero-order chi connectivity index (χ0) is 18.5. The standard InChI is InChI=1S/C18H18Cl3N3O2/c19-14-3-1-12(2-4-14)15(24-5-7-26-8-6-24)11-22-18(25)13-9-16(20)23-17(21)10-13/h1-4,9-10,15H,5-8,11H2,(H,22,25). The molecule has 3 rings (SSSR count). The number of carbonyl (C=O) groups excluding carboxylic acids is 1. The van der Waals surface area contributed by atoms with E-state index in [2.05, 4.69) is 15.2 Å². The van der Waals surface area contributed by atoms with Crippen LogP contribution in [0.1, 0.15) is 22.0 Å². The van der Waals surface area contributed by atoms with Crippen molar-refractivity contribution in [1.29, 1.82) is 0 Å². The Morgan fingerprint density at radius 3 is 2.35 bits per heavy atom. The van der Waals surface area contributed by atoms with Crippen molar-refractivity contribution in [3.8, 4) is 0 Å². The molecule has 8 heteroatoms. The second-order valence-corrected chi connectivity index (χ2v) is 7.14. The van der Waals surface area contributed by atoms with Gasteiger partial charge in [-0.1, -0.05) is 46.9 Å². The fourth-order valence-corrected chi connectivity index (χ4v) is 3.51. The van der Waals surface area contributed by atoms with Crippen molar-refractivity contribution in [3.05, 3.63) is 62.9 Å². The van der Waals surface area contributed by atoms with E-state index in [1.165, 1.54) is 12.1 Å². The monoisotopic (exact) mass is 413 g/mol. The van der Waals surface area contributed by atoms with Gasteiger partial charge < -0.3 is 10.1 Å². The summed E-state index contributed by atoms with van der Waals surface area (Å²) in [5.74, 6) is -0.247. The number of aromatic nitrogens is 1. The second kappa shape index (κ2) is 9.02. The molecule has 1 N–H and O–H groups in total. The van der Waals surface area contributed by atoms with Crippen LogP contribution in [0.15, 0.2) is 36.4 Å². The van der Waals surface area contributed by atoms with Crippen LogP contribution in [0.4, 0.5) is 0 Å². The fraction of sp³-hybridized carbons (Fsp3) is 0.333. The maximum atomic E-state index is 12.5. The molecule has 0 spiro atoms. The molecule has 0 bridgehead atoms. The van der Waals surface area contributed by atoms with Crippen LogP contribution in [0.5, 0.6) is 0 Å². The molecule has 1 aromatic heterocycles. The molecular formula is C18H18Cl3N3O2. The Bertz CT molecular complexity index is 745. The van der Waals surface area contributed by atoms with Crippen LogP contribution in [0.2, 0.25) is 15.3 Å². The Labute approximate surface area is 167 Å². The third-order valence-corrected chi connectivity index (χ3v) is 4.86. The van der Waals surface area contributed by atoms with Crippen LogP contribution in [-0.2, 0) is 4.74 Å². The SMILES string of the molecule is O=C(NCC(c1ccc(Cl)cc1)N1CCOCC1)c1cc(Cl)nc(Cl)c1. The summed E-state index contributed by atoms with van der Waals surface area (Å²) in [6, 6.07) is 10.7. The van der Waals surface area contributed by atoms with Crippen LogP contribution in [0, 0.1) is 0 Å². The first-order valence-corrected chi connectivity index (χ1v) is 9.35. The molecule has 5 nitrogen and oxygen atoms in total. The predicted octanol–water partition coefficient (Wildman–Crippen LogP) is 3.85. The summed E-state index contributed by atoms with van der Waals surface area (Å²) in [4.78, 5) is 18.6. The third-order valence-electron chi connectivity index (χ3n) is 4.22. The van der Waals surface area contributed by atoms with Crippen LogP contribution in [-0.4, -0.2) is 48.6 Å². The van der Waals surface area contributed by atoms with Crippen LogP contribution < -0.4 is 5.32 Å². The van der Waals surface area contributed by atoms with E-state index < -0.39 is 0 Å². The molecule has 1 amide bonds. The fourth-order valence-electron chi connectivity index (χ4n) is 2.92. The average molecular weight is 415 g/mol. The van der Waals surface area contributed by atoms with E-state index in [4.69, 9.17) is 39.5 Å². The van der Waals surface area contributed by atoms with Gasteiger partial charge in [0.2, 0.25) is 0 Å². The quantitative estimate of drug-likeness (QED) is 0.755. The number of amides is 1. The Morgan fingerprint density at radius 2 is 1.73 bits per heavy atom. The summed E-state index contributed by atoms with van der Waals surface area (Å²) >= 11 is 17.8. The van der Waals surface area contributed by atoms with Gasteiger partial charge in [-0.2, -0.15) is 0 Å². The number of ether oxygens (including phenoxy) is 1. The van der Waals surface area contributed by atoms with Gasteiger partial charge in [-0.25, -0.2) is 4.98 Å². The summed E-state index contributed by atoms with van der Waals surface area (Å²) in [5, 5.41) is 4.02. The van der Waals surface area contributed by atoms with Crippen molar-refractivity contribution in [1.82, 2.24) is 15.2 Å². The molecule has 1 unspecified atom stereocenters. The lowest BCUT2D eigenvalue weighted by atomic mass is 10.0. The number of morpholine rings is 1.